The van der Waals surface area contributed by atoms with E-state index in [4.69, 9.17) is 13.9 Å². The van der Waals surface area contributed by atoms with Crippen molar-refractivity contribution >= 4 is 32.0 Å². The summed E-state index contributed by atoms with van der Waals surface area (Å²) in [7, 11) is -5.56. The molecule has 3 heterocycles. The summed E-state index contributed by atoms with van der Waals surface area (Å²) in [5.41, 5.74) is -2.05. The second kappa shape index (κ2) is 13.2. The van der Waals surface area contributed by atoms with Crippen LogP contribution in [0.3, 0.4) is 0 Å². The fourth-order valence-corrected chi connectivity index (χ4v) is 8.55. The van der Waals surface area contributed by atoms with Crippen molar-refractivity contribution in [1.29, 1.82) is 0 Å². The lowest BCUT2D eigenvalue weighted by Gasteiger charge is -2.43. The van der Waals surface area contributed by atoms with Gasteiger partial charge in [0.05, 0.1) is 24.5 Å². The third-order valence-corrected chi connectivity index (χ3v) is 15.3. The molecular formula is C27H49BrFN4O8PSi. The van der Waals surface area contributed by atoms with E-state index in [0.717, 1.165) is 21.9 Å². The molecule has 4 N–H and O–H groups in total. The average molecular weight is 716 g/mol. The molecule has 12 nitrogen and oxygen atoms in total. The summed E-state index contributed by atoms with van der Waals surface area (Å²) in [6.07, 6.45) is 0.905. The molecule has 6 atom stereocenters. The molecule has 0 aliphatic carbocycles. The minimum atomic E-state index is -4.56. The van der Waals surface area contributed by atoms with E-state index in [1.165, 1.54) is 7.05 Å². The summed E-state index contributed by atoms with van der Waals surface area (Å²) < 4.78 is 46.9. The molecule has 0 radical (unpaired) electrons. The third kappa shape index (κ3) is 9.63. The Hall–Kier alpha value is -0.743. The Labute approximate surface area is 262 Å². The standard InChI is InChI=1S/C27H49BrFN4O8PSi/c1-17-13-26(5,6)31-21(39-17)10-11-27(28,16-32(7)42(36,37)38)14-20-19(41-43(8,9)25(2,3)4)12-22(40-20)33-15-18(29)23(34)30-24(33)35/h15,17,19-22,31H,10-14,16H2,1-9H3,(H,30,34,35)(H2,36,37,38)/t17?,19-,20+,21?,22+,27?/m0/s1. The van der Waals surface area contributed by atoms with Crippen LogP contribution in [-0.2, 0) is 18.5 Å². The van der Waals surface area contributed by atoms with Crippen LogP contribution in [0, 0.1) is 5.82 Å². The van der Waals surface area contributed by atoms with Gasteiger partial charge in [-0.25, -0.2) is 14.0 Å². The summed E-state index contributed by atoms with van der Waals surface area (Å²) in [5.74, 6) is -1.11. The number of H-pyrrole nitrogens is 1. The van der Waals surface area contributed by atoms with E-state index in [9.17, 15) is 28.3 Å². The maximum absolute atomic E-state index is 14.2. The molecule has 1 aromatic heterocycles. The molecule has 248 valence electrons. The van der Waals surface area contributed by atoms with Crippen molar-refractivity contribution in [3.63, 3.8) is 0 Å². The minimum absolute atomic E-state index is 0.0203. The molecule has 43 heavy (non-hydrogen) atoms. The van der Waals surface area contributed by atoms with Crippen LogP contribution in [-0.4, -0.2) is 80.3 Å². The Morgan fingerprint density at radius 2 is 1.91 bits per heavy atom. The topological polar surface area (TPSA) is 155 Å². The zero-order valence-corrected chi connectivity index (χ0v) is 30.1. The lowest BCUT2D eigenvalue weighted by atomic mass is 9.91. The SMILES string of the molecule is CC1CC(C)(C)NC(CCC(Br)(C[C@H]2O[C@@H](n3cc(F)c(=O)[nH]c3=O)C[C@@H]2O[Si](C)(C)C(C)(C)C)CN(C)P(=O)(O)O)O1. The number of nitrogens with zero attached hydrogens (tertiary/aromatic N) is 2. The summed E-state index contributed by atoms with van der Waals surface area (Å²) in [6, 6.07) is 0. The maximum atomic E-state index is 14.2. The van der Waals surface area contributed by atoms with Gasteiger partial charge in [0.25, 0.3) is 5.56 Å². The number of hydrogen-bond donors (Lipinski definition) is 4. The molecule has 0 amide bonds. The average Bonchev–Trinajstić information content (AvgIpc) is 3.18. The van der Waals surface area contributed by atoms with Gasteiger partial charge in [-0.05, 0) is 71.6 Å². The van der Waals surface area contributed by atoms with Crippen molar-refractivity contribution in [2.24, 2.45) is 0 Å². The molecule has 0 saturated carbocycles. The smallest absolute Gasteiger partial charge is 0.402 e. The molecule has 3 rings (SSSR count). The van der Waals surface area contributed by atoms with Gasteiger partial charge in [-0.2, -0.15) is 4.39 Å². The maximum Gasteiger partial charge on any atom is 0.402 e. The molecule has 3 unspecified atom stereocenters. The minimum Gasteiger partial charge on any atom is -0.411 e. The quantitative estimate of drug-likeness (QED) is 0.149. The van der Waals surface area contributed by atoms with Crippen LogP contribution in [0.5, 0.6) is 0 Å². The number of hydrogen-bond acceptors (Lipinski definition) is 7. The molecular weight excluding hydrogens is 666 g/mol. The lowest BCUT2D eigenvalue weighted by molar-refractivity contribution is -0.0924. The van der Waals surface area contributed by atoms with E-state index in [1.807, 2.05) is 11.9 Å². The van der Waals surface area contributed by atoms with E-state index in [-0.39, 0.29) is 42.3 Å². The van der Waals surface area contributed by atoms with Crippen molar-refractivity contribution in [2.45, 2.75) is 132 Å². The summed E-state index contributed by atoms with van der Waals surface area (Å²) in [4.78, 5) is 46.1. The number of alkyl halides is 1. The predicted octanol–water partition coefficient (Wildman–Crippen LogP) is 4.19. The second-order valence-electron chi connectivity index (χ2n) is 14.3. The molecule has 2 saturated heterocycles. The molecule has 0 aromatic carbocycles. The van der Waals surface area contributed by atoms with Crippen molar-refractivity contribution in [1.82, 2.24) is 19.5 Å². The normalized spacial score (nSPS) is 28.3. The number of nitrogens with one attached hydrogen (secondary N) is 2. The summed E-state index contributed by atoms with van der Waals surface area (Å²) >= 11 is 3.85. The van der Waals surface area contributed by atoms with Gasteiger partial charge >= 0.3 is 13.4 Å². The van der Waals surface area contributed by atoms with Crippen LogP contribution in [0.15, 0.2) is 15.8 Å². The fourth-order valence-electron chi connectivity index (χ4n) is 5.62. The molecule has 1 aromatic rings. The highest BCUT2D eigenvalue weighted by Crippen LogP contribution is 2.47. The molecule has 2 aliphatic rings. The van der Waals surface area contributed by atoms with Gasteiger partial charge in [0.15, 0.2) is 8.32 Å². The fraction of sp³-hybridized carbons (Fsp3) is 0.852. The monoisotopic (exact) mass is 714 g/mol. The Balaban J connectivity index is 1.95. The number of aromatic nitrogens is 2. The van der Waals surface area contributed by atoms with Crippen molar-refractivity contribution < 1.29 is 32.6 Å². The summed E-state index contributed by atoms with van der Waals surface area (Å²) in [6.45, 7) is 16.7. The first-order chi connectivity index (χ1) is 19.4. The number of halogens is 2. The zero-order chi connectivity index (χ0) is 32.8. The van der Waals surface area contributed by atoms with Crippen molar-refractivity contribution in [3.8, 4) is 0 Å². The van der Waals surface area contributed by atoms with Crippen molar-refractivity contribution in [3.05, 3.63) is 32.9 Å². The Morgan fingerprint density at radius 1 is 1.28 bits per heavy atom. The molecule has 2 fully saturated rings. The van der Waals surface area contributed by atoms with E-state index in [2.05, 4.69) is 69.0 Å². The van der Waals surface area contributed by atoms with Gasteiger partial charge < -0.3 is 23.7 Å². The molecule has 0 bridgehead atoms. The number of aromatic amines is 1. The Kier molecular flexibility index (Phi) is 11.2. The van der Waals surface area contributed by atoms with E-state index in [0.29, 0.717) is 12.8 Å². The van der Waals surface area contributed by atoms with Gasteiger partial charge in [-0.3, -0.25) is 19.7 Å². The highest BCUT2D eigenvalue weighted by Gasteiger charge is 2.48. The van der Waals surface area contributed by atoms with Crippen LogP contribution < -0.4 is 16.6 Å². The number of ether oxygens (including phenoxy) is 2. The van der Waals surface area contributed by atoms with Crippen LogP contribution in [0.2, 0.25) is 18.1 Å². The van der Waals surface area contributed by atoms with Crippen LogP contribution in [0.1, 0.15) is 79.9 Å². The molecule has 16 heteroatoms. The second-order valence-corrected chi connectivity index (χ2v) is 22.5. The van der Waals surface area contributed by atoms with Gasteiger partial charge in [0.1, 0.15) is 12.5 Å². The summed E-state index contributed by atoms with van der Waals surface area (Å²) in [5, 5.41) is 3.37. The van der Waals surface area contributed by atoms with Gasteiger partial charge in [0, 0.05) is 22.8 Å². The van der Waals surface area contributed by atoms with Crippen LogP contribution in [0.25, 0.3) is 0 Å². The van der Waals surface area contributed by atoms with Gasteiger partial charge in [-0.15, -0.1) is 0 Å². The van der Waals surface area contributed by atoms with Crippen LogP contribution in [0.4, 0.5) is 4.39 Å². The number of rotatable bonds is 11. The highest BCUT2D eigenvalue weighted by molar-refractivity contribution is 9.10. The van der Waals surface area contributed by atoms with E-state index < -0.39 is 55.9 Å². The third-order valence-electron chi connectivity index (χ3n) is 8.79. The largest absolute Gasteiger partial charge is 0.411 e. The van der Waals surface area contributed by atoms with Crippen LogP contribution >= 0.6 is 23.7 Å². The van der Waals surface area contributed by atoms with Crippen molar-refractivity contribution in [2.75, 3.05) is 13.6 Å². The highest BCUT2D eigenvalue weighted by atomic mass is 79.9. The van der Waals surface area contributed by atoms with Gasteiger partial charge in [0.2, 0.25) is 5.82 Å². The molecule has 0 spiro atoms. The Bertz CT molecular complexity index is 1300. The van der Waals surface area contributed by atoms with E-state index in [1.54, 1.807) is 0 Å². The van der Waals surface area contributed by atoms with Gasteiger partial charge in [-0.1, -0.05) is 36.7 Å². The first-order valence-electron chi connectivity index (χ1n) is 14.6. The van der Waals surface area contributed by atoms with E-state index >= 15 is 0 Å². The first kappa shape index (κ1) is 36.7. The lowest BCUT2D eigenvalue weighted by Crippen LogP contribution is -2.55. The molecule has 2 aliphatic heterocycles. The Morgan fingerprint density at radius 3 is 2.47 bits per heavy atom. The zero-order valence-electron chi connectivity index (χ0n) is 26.6. The predicted molar refractivity (Wildman–Crippen MR) is 168 cm³/mol. The first-order valence-corrected chi connectivity index (χ1v) is 19.9.